The molecule has 2 aromatic carbocycles. The quantitative estimate of drug-likeness (QED) is 0.729. The van der Waals surface area contributed by atoms with Crippen molar-refractivity contribution in [2.75, 3.05) is 33.3 Å². The lowest BCUT2D eigenvalue weighted by molar-refractivity contribution is 0.0951. The molecule has 0 atom stereocenters. The molecule has 1 aliphatic carbocycles. The normalized spacial score (nSPS) is 18.2. The molecule has 2 fully saturated rings. The molecule has 0 radical (unpaired) electrons. The van der Waals surface area contributed by atoms with Crippen molar-refractivity contribution in [2.24, 2.45) is 0 Å². The summed E-state index contributed by atoms with van der Waals surface area (Å²) in [6.07, 6.45) is 2.15. The molecule has 0 bridgehead atoms. The van der Waals surface area contributed by atoms with E-state index in [0.29, 0.717) is 43.5 Å². The average Bonchev–Trinajstić information content (AvgIpc) is 3.58. The summed E-state index contributed by atoms with van der Waals surface area (Å²) in [6.45, 7) is 2.95. The highest BCUT2D eigenvalue weighted by atomic mass is 32.2. The number of hydrogen-bond donors (Lipinski definition) is 1. The van der Waals surface area contributed by atoms with Crippen molar-refractivity contribution in [3.8, 4) is 5.75 Å². The smallest absolute Gasteiger partial charge is 0.251 e. The topological polar surface area (TPSA) is 79.0 Å². The third-order valence-electron chi connectivity index (χ3n) is 5.55. The van der Waals surface area contributed by atoms with Crippen LogP contribution in [0, 0.1) is 0 Å². The highest BCUT2D eigenvalue weighted by Gasteiger charge is 2.29. The van der Waals surface area contributed by atoms with E-state index in [1.165, 1.54) is 11.4 Å². The van der Waals surface area contributed by atoms with E-state index in [4.69, 9.17) is 4.74 Å². The van der Waals surface area contributed by atoms with Gasteiger partial charge in [-0.25, -0.2) is 8.42 Å². The molecule has 2 aliphatic rings. The summed E-state index contributed by atoms with van der Waals surface area (Å²) in [5.74, 6) is 0.518. The first-order valence-corrected chi connectivity index (χ1v) is 11.7. The van der Waals surface area contributed by atoms with Crippen LogP contribution in [-0.2, 0) is 16.6 Å². The maximum Gasteiger partial charge on any atom is 0.251 e. The standard InChI is InChI=1S/C22H27N3O4S/c1-29-20-3-2-4-21(15-20)30(27,28)25-13-11-24(12-14-25)16-17-5-7-18(8-6-17)22(26)23-19-9-10-19/h2-8,15,19H,9-14,16H2,1H3,(H,23,26). The summed E-state index contributed by atoms with van der Waals surface area (Å²) in [4.78, 5) is 14.6. The Balaban J connectivity index is 1.32. The third kappa shape index (κ3) is 4.83. The Kier molecular flexibility index (Phi) is 6.08. The Labute approximate surface area is 177 Å². The maximum atomic E-state index is 12.9. The third-order valence-corrected chi connectivity index (χ3v) is 7.44. The number of rotatable bonds is 7. The number of methoxy groups -OCH3 is 1. The summed E-state index contributed by atoms with van der Waals surface area (Å²) in [5.41, 5.74) is 1.79. The molecule has 1 saturated heterocycles. The highest BCUT2D eigenvalue weighted by molar-refractivity contribution is 7.89. The molecule has 1 saturated carbocycles. The van der Waals surface area contributed by atoms with E-state index in [0.717, 1.165) is 24.9 Å². The molecule has 1 N–H and O–H groups in total. The van der Waals surface area contributed by atoms with Crippen molar-refractivity contribution < 1.29 is 17.9 Å². The van der Waals surface area contributed by atoms with E-state index >= 15 is 0 Å². The molecule has 1 amide bonds. The van der Waals surface area contributed by atoms with Crippen LogP contribution < -0.4 is 10.1 Å². The summed E-state index contributed by atoms with van der Waals surface area (Å²) in [6, 6.07) is 14.6. The van der Waals surface area contributed by atoms with Gasteiger partial charge < -0.3 is 10.1 Å². The predicted octanol–water partition coefficient (Wildman–Crippen LogP) is 2.09. The summed E-state index contributed by atoms with van der Waals surface area (Å²) < 4.78 is 32.5. The number of ether oxygens (including phenoxy) is 1. The first-order valence-electron chi connectivity index (χ1n) is 10.2. The Morgan fingerprint density at radius 1 is 1.07 bits per heavy atom. The fraction of sp³-hybridized carbons (Fsp3) is 0.409. The van der Waals surface area contributed by atoms with Gasteiger partial charge in [-0.3, -0.25) is 9.69 Å². The molecule has 2 aromatic rings. The Morgan fingerprint density at radius 2 is 1.77 bits per heavy atom. The number of piperazine rings is 1. The second kappa shape index (κ2) is 8.75. The molecular weight excluding hydrogens is 402 g/mol. The van der Waals surface area contributed by atoms with Gasteiger partial charge in [-0.2, -0.15) is 4.31 Å². The molecule has 0 spiro atoms. The van der Waals surface area contributed by atoms with Crippen molar-refractivity contribution in [1.29, 1.82) is 0 Å². The number of nitrogens with zero attached hydrogens (tertiary/aromatic N) is 2. The molecule has 8 heteroatoms. The van der Waals surface area contributed by atoms with Gasteiger partial charge in [-0.1, -0.05) is 18.2 Å². The van der Waals surface area contributed by atoms with Gasteiger partial charge in [-0.05, 0) is 42.7 Å². The molecule has 0 unspecified atom stereocenters. The fourth-order valence-corrected chi connectivity index (χ4v) is 5.01. The van der Waals surface area contributed by atoms with Crippen LogP contribution in [0.3, 0.4) is 0 Å². The van der Waals surface area contributed by atoms with Crippen molar-refractivity contribution in [3.05, 3.63) is 59.7 Å². The lowest BCUT2D eigenvalue weighted by Crippen LogP contribution is -2.48. The van der Waals surface area contributed by atoms with Gasteiger partial charge in [0, 0.05) is 50.4 Å². The van der Waals surface area contributed by atoms with Gasteiger partial charge >= 0.3 is 0 Å². The molecule has 7 nitrogen and oxygen atoms in total. The van der Waals surface area contributed by atoms with Crippen LogP contribution in [-0.4, -0.2) is 62.9 Å². The van der Waals surface area contributed by atoms with E-state index in [1.807, 2.05) is 24.3 Å². The highest BCUT2D eigenvalue weighted by Crippen LogP contribution is 2.23. The van der Waals surface area contributed by atoms with Crippen LogP contribution in [0.15, 0.2) is 53.4 Å². The molecule has 160 valence electrons. The van der Waals surface area contributed by atoms with Crippen molar-refractivity contribution in [2.45, 2.75) is 30.3 Å². The van der Waals surface area contributed by atoms with Crippen molar-refractivity contribution in [3.63, 3.8) is 0 Å². The van der Waals surface area contributed by atoms with Crippen molar-refractivity contribution in [1.82, 2.24) is 14.5 Å². The number of carbonyl (C=O) groups is 1. The van der Waals surface area contributed by atoms with E-state index in [2.05, 4.69) is 10.2 Å². The van der Waals surface area contributed by atoms with Crippen molar-refractivity contribution >= 4 is 15.9 Å². The number of nitrogens with one attached hydrogen (secondary N) is 1. The van der Waals surface area contributed by atoms with Gasteiger partial charge in [0.1, 0.15) is 5.75 Å². The van der Waals surface area contributed by atoms with Crippen LogP contribution >= 0.6 is 0 Å². The van der Waals surface area contributed by atoms with E-state index in [1.54, 1.807) is 24.3 Å². The molecule has 1 aliphatic heterocycles. The zero-order chi connectivity index (χ0) is 21.1. The van der Waals surface area contributed by atoms with Crippen LogP contribution in [0.25, 0.3) is 0 Å². The Hall–Kier alpha value is -2.42. The van der Waals surface area contributed by atoms with E-state index in [9.17, 15) is 13.2 Å². The molecule has 1 heterocycles. The maximum absolute atomic E-state index is 12.9. The second-order valence-electron chi connectivity index (χ2n) is 7.80. The summed E-state index contributed by atoms with van der Waals surface area (Å²) >= 11 is 0. The Morgan fingerprint density at radius 3 is 2.40 bits per heavy atom. The van der Waals surface area contributed by atoms with Crippen LogP contribution in [0.4, 0.5) is 0 Å². The lowest BCUT2D eigenvalue weighted by atomic mass is 10.1. The first kappa shape index (κ1) is 20.8. The fourth-order valence-electron chi connectivity index (χ4n) is 3.55. The van der Waals surface area contributed by atoms with Gasteiger partial charge in [0.15, 0.2) is 0 Å². The first-order chi connectivity index (χ1) is 14.5. The van der Waals surface area contributed by atoms with Gasteiger partial charge in [0.2, 0.25) is 10.0 Å². The number of amides is 1. The van der Waals surface area contributed by atoms with E-state index in [-0.39, 0.29) is 10.8 Å². The van der Waals surface area contributed by atoms with Crippen LogP contribution in [0.5, 0.6) is 5.75 Å². The second-order valence-corrected chi connectivity index (χ2v) is 9.74. The number of hydrogen-bond acceptors (Lipinski definition) is 5. The van der Waals surface area contributed by atoms with Gasteiger partial charge in [-0.15, -0.1) is 0 Å². The molecular formula is C22H27N3O4S. The zero-order valence-electron chi connectivity index (χ0n) is 17.1. The van der Waals surface area contributed by atoms with E-state index < -0.39 is 10.0 Å². The zero-order valence-corrected chi connectivity index (χ0v) is 17.9. The minimum Gasteiger partial charge on any atom is -0.497 e. The molecule has 4 rings (SSSR count). The number of sulfonamides is 1. The molecule has 30 heavy (non-hydrogen) atoms. The van der Waals surface area contributed by atoms with Crippen LogP contribution in [0.1, 0.15) is 28.8 Å². The minimum absolute atomic E-state index is 0.0135. The summed E-state index contributed by atoms with van der Waals surface area (Å²) in [5, 5.41) is 2.99. The monoisotopic (exact) mass is 429 g/mol. The lowest BCUT2D eigenvalue weighted by Gasteiger charge is -2.34. The Bertz CT molecular complexity index is 995. The predicted molar refractivity (Wildman–Crippen MR) is 114 cm³/mol. The average molecular weight is 430 g/mol. The minimum atomic E-state index is -3.53. The largest absolute Gasteiger partial charge is 0.497 e. The van der Waals surface area contributed by atoms with Crippen LogP contribution in [0.2, 0.25) is 0 Å². The summed E-state index contributed by atoms with van der Waals surface area (Å²) in [7, 11) is -2.00. The number of carbonyl (C=O) groups excluding carboxylic acids is 1. The van der Waals surface area contributed by atoms with Gasteiger partial charge in [0.05, 0.1) is 12.0 Å². The SMILES string of the molecule is COc1cccc(S(=O)(=O)N2CCN(Cc3ccc(C(=O)NC4CC4)cc3)CC2)c1. The number of benzene rings is 2. The molecule has 0 aromatic heterocycles. The van der Waals surface area contributed by atoms with Gasteiger partial charge in [0.25, 0.3) is 5.91 Å².